The summed E-state index contributed by atoms with van der Waals surface area (Å²) in [4.78, 5) is 0. The van der Waals surface area contributed by atoms with Crippen molar-refractivity contribution < 1.29 is 23.0 Å². The predicted octanol–water partition coefficient (Wildman–Crippen LogP) is 5.02. The van der Waals surface area contributed by atoms with E-state index in [9.17, 15) is 18.3 Å². The lowest BCUT2D eigenvalue weighted by Crippen LogP contribution is -2.00. The molecule has 2 rings (SSSR count). The lowest BCUT2D eigenvalue weighted by atomic mass is 10.1. The summed E-state index contributed by atoms with van der Waals surface area (Å²) in [6.45, 7) is 2.93. The molecule has 2 nitrogen and oxygen atoms in total. The van der Waals surface area contributed by atoms with Gasteiger partial charge in [-0.3, -0.25) is 0 Å². The number of halogens is 4. The van der Waals surface area contributed by atoms with E-state index >= 15 is 0 Å². The van der Waals surface area contributed by atoms with Gasteiger partial charge < -0.3 is 9.84 Å². The van der Waals surface area contributed by atoms with E-state index in [1.807, 2.05) is 0 Å². The van der Waals surface area contributed by atoms with E-state index in [2.05, 4.69) is 15.9 Å². The second kappa shape index (κ2) is 6.07. The van der Waals surface area contributed by atoms with Crippen LogP contribution in [0.1, 0.15) is 24.2 Å². The van der Waals surface area contributed by atoms with E-state index in [4.69, 9.17) is 4.74 Å². The van der Waals surface area contributed by atoms with E-state index in [1.165, 1.54) is 26.0 Å². The Hall–Kier alpha value is -1.53. The van der Waals surface area contributed by atoms with Crippen molar-refractivity contribution in [2.75, 3.05) is 0 Å². The van der Waals surface area contributed by atoms with Crippen LogP contribution in [0.15, 0.2) is 28.7 Å². The molecular formula is C15H12BrF3O2. The fourth-order valence-electron chi connectivity index (χ4n) is 1.81. The minimum atomic E-state index is -1.16. The van der Waals surface area contributed by atoms with Gasteiger partial charge in [0.05, 0.1) is 6.10 Å². The van der Waals surface area contributed by atoms with Crippen molar-refractivity contribution in [2.24, 2.45) is 0 Å². The third-order valence-electron chi connectivity index (χ3n) is 2.92. The topological polar surface area (TPSA) is 29.5 Å². The Balaban J connectivity index is 2.51. The average Bonchev–Trinajstić information content (AvgIpc) is 2.39. The maximum atomic E-state index is 13.7. The largest absolute Gasteiger partial charge is 0.454 e. The zero-order valence-corrected chi connectivity index (χ0v) is 12.8. The number of rotatable bonds is 3. The summed E-state index contributed by atoms with van der Waals surface area (Å²) in [5.74, 6) is -3.03. The molecule has 0 unspecified atom stereocenters. The highest BCUT2D eigenvalue weighted by Crippen LogP contribution is 2.35. The SMILES string of the molecule is Cc1cc(Oc2cc(Br)cc(F)c2F)c([C@H](C)O)cc1F. The third-order valence-corrected chi connectivity index (χ3v) is 3.38. The lowest BCUT2D eigenvalue weighted by Gasteiger charge is -2.15. The van der Waals surface area contributed by atoms with Gasteiger partial charge in [0.2, 0.25) is 5.82 Å². The van der Waals surface area contributed by atoms with Crippen molar-refractivity contribution in [3.63, 3.8) is 0 Å². The third kappa shape index (κ3) is 3.39. The number of hydrogen-bond acceptors (Lipinski definition) is 2. The van der Waals surface area contributed by atoms with Crippen LogP contribution in [-0.4, -0.2) is 5.11 Å². The summed E-state index contributed by atoms with van der Waals surface area (Å²) < 4.78 is 46.3. The molecule has 0 amide bonds. The first-order valence-corrected chi connectivity index (χ1v) is 6.89. The highest BCUT2D eigenvalue weighted by atomic mass is 79.9. The quantitative estimate of drug-likeness (QED) is 0.778. The van der Waals surface area contributed by atoms with Gasteiger partial charge in [0.25, 0.3) is 0 Å². The molecule has 0 heterocycles. The fourth-order valence-corrected chi connectivity index (χ4v) is 2.22. The molecular weight excluding hydrogens is 349 g/mol. The van der Waals surface area contributed by atoms with Crippen molar-refractivity contribution in [1.29, 1.82) is 0 Å². The molecule has 112 valence electrons. The number of aliphatic hydroxyl groups is 1. The number of ether oxygens (including phenoxy) is 1. The zero-order chi connectivity index (χ0) is 15.7. The second-order valence-corrected chi connectivity index (χ2v) is 5.53. The second-order valence-electron chi connectivity index (χ2n) is 4.62. The van der Waals surface area contributed by atoms with E-state index in [0.717, 1.165) is 12.1 Å². The Bertz CT molecular complexity index is 687. The van der Waals surface area contributed by atoms with Gasteiger partial charge in [0.1, 0.15) is 11.6 Å². The maximum absolute atomic E-state index is 13.7. The van der Waals surface area contributed by atoms with Gasteiger partial charge in [-0.25, -0.2) is 8.78 Å². The minimum absolute atomic E-state index is 0.0697. The van der Waals surface area contributed by atoms with E-state index in [-0.39, 0.29) is 22.6 Å². The van der Waals surface area contributed by atoms with Gasteiger partial charge >= 0.3 is 0 Å². The summed E-state index contributed by atoms with van der Waals surface area (Å²) in [6, 6.07) is 4.66. The van der Waals surface area contributed by atoms with Crippen LogP contribution >= 0.6 is 15.9 Å². The molecule has 2 aromatic rings. The molecule has 0 aliphatic carbocycles. The first-order valence-electron chi connectivity index (χ1n) is 6.10. The van der Waals surface area contributed by atoms with E-state index < -0.39 is 23.6 Å². The Labute approximate surface area is 128 Å². The van der Waals surface area contributed by atoms with Gasteiger partial charge in [0.15, 0.2) is 11.6 Å². The molecule has 0 saturated heterocycles. The number of benzene rings is 2. The number of aryl methyl sites for hydroxylation is 1. The Morgan fingerprint density at radius 3 is 2.33 bits per heavy atom. The van der Waals surface area contributed by atoms with Crippen LogP contribution in [0.3, 0.4) is 0 Å². The van der Waals surface area contributed by atoms with Gasteiger partial charge in [-0.05, 0) is 43.7 Å². The standard InChI is InChI=1S/C15H12BrF3O2/c1-7-3-13(10(8(2)20)6-11(7)17)21-14-5-9(16)4-12(18)15(14)19/h3-6,8,20H,1-2H3/t8-/m0/s1. The maximum Gasteiger partial charge on any atom is 0.201 e. The monoisotopic (exact) mass is 360 g/mol. The molecule has 0 aromatic heterocycles. The first kappa shape index (κ1) is 15.9. The summed E-state index contributed by atoms with van der Waals surface area (Å²) in [6.07, 6.45) is -1.02. The van der Waals surface area contributed by atoms with Gasteiger partial charge in [-0.2, -0.15) is 4.39 Å². The first-order chi connectivity index (χ1) is 9.79. The minimum Gasteiger partial charge on any atom is -0.454 e. The Kier molecular flexibility index (Phi) is 4.58. The van der Waals surface area contributed by atoms with Gasteiger partial charge in [-0.1, -0.05) is 15.9 Å². The highest BCUT2D eigenvalue weighted by Gasteiger charge is 2.17. The molecule has 0 aliphatic rings. The molecule has 6 heteroatoms. The lowest BCUT2D eigenvalue weighted by molar-refractivity contribution is 0.194. The molecule has 0 aliphatic heterocycles. The number of hydrogen-bond donors (Lipinski definition) is 1. The summed E-state index contributed by atoms with van der Waals surface area (Å²) in [7, 11) is 0. The molecule has 1 N–H and O–H groups in total. The van der Waals surface area contributed by atoms with Crippen LogP contribution < -0.4 is 4.74 Å². The molecule has 2 aromatic carbocycles. The van der Waals surface area contributed by atoms with Crippen LogP contribution in [0.4, 0.5) is 13.2 Å². The van der Waals surface area contributed by atoms with Crippen LogP contribution in [-0.2, 0) is 0 Å². The van der Waals surface area contributed by atoms with Crippen molar-refractivity contribution in [3.05, 3.63) is 57.3 Å². The Morgan fingerprint density at radius 1 is 1.05 bits per heavy atom. The van der Waals surface area contributed by atoms with Crippen LogP contribution in [0, 0.1) is 24.4 Å². The predicted molar refractivity (Wildman–Crippen MR) is 75.9 cm³/mol. The summed E-state index contributed by atoms with van der Waals surface area (Å²) in [5, 5.41) is 9.65. The summed E-state index contributed by atoms with van der Waals surface area (Å²) in [5.41, 5.74) is 0.420. The van der Waals surface area contributed by atoms with Gasteiger partial charge in [-0.15, -0.1) is 0 Å². The Morgan fingerprint density at radius 2 is 1.71 bits per heavy atom. The van der Waals surface area contributed by atoms with E-state index in [0.29, 0.717) is 4.47 Å². The van der Waals surface area contributed by atoms with Crippen LogP contribution in [0.2, 0.25) is 0 Å². The molecule has 1 atom stereocenters. The van der Waals surface area contributed by atoms with Crippen molar-refractivity contribution in [1.82, 2.24) is 0 Å². The highest BCUT2D eigenvalue weighted by molar-refractivity contribution is 9.10. The van der Waals surface area contributed by atoms with Crippen molar-refractivity contribution >= 4 is 15.9 Å². The summed E-state index contributed by atoms with van der Waals surface area (Å²) >= 11 is 3.04. The molecule has 0 fully saturated rings. The van der Waals surface area contributed by atoms with Crippen molar-refractivity contribution in [2.45, 2.75) is 20.0 Å². The number of aliphatic hydroxyl groups excluding tert-OH is 1. The van der Waals surface area contributed by atoms with Gasteiger partial charge in [0, 0.05) is 10.0 Å². The zero-order valence-electron chi connectivity index (χ0n) is 11.3. The van der Waals surface area contributed by atoms with Crippen molar-refractivity contribution in [3.8, 4) is 11.5 Å². The van der Waals surface area contributed by atoms with Crippen LogP contribution in [0.5, 0.6) is 11.5 Å². The average molecular weight is 361 g/mol. The van der Waals surface area contributed by atoms with Crippen LogP contribution in [0.25, 0.3) is 0 Å². The fraction of sp³-hybridized carbons (Fsp3) is 0.200. The molecule has 0 spiro atoms. The smallest absolute Gasteiger partial charge is 0.201 e. The molecule has 21 heavy (non-hydrogen) atoms. The molecule has 0 saturated carbocycles. The molecule has 0 bridgehead atoms. The molecule has 0 radical (unpaired) electrons. The normalized spacial score (nSPS) is 12.3. The van der Waals surface area contributed by atoms with E-state index in [1.54, 1.807) is 0 Å².